The summed E-state index contributed by atoms with van der Waals surface area (Å²) in [5.74, 6) is -12.9. The van der Waals surface area contributed by atoms with Crippen LogP contribution in [-0.4, -0.2) is 159 Å². The van der Waals surface area contributed by atoms with E-state index in [0.29, 0.717) is 25.1 Å². The molecule has 0 unspecified atom stereocenters. The molecule has 0 aromatic heterocycles. The van der Waals surface area contributed by atoms with Gasteiger partial charge < -0.3 is 74.8 Å². The van der Waals surface area contributed by atoms with E-state index in [4.69, 9.17) is 17.2 Å². The van der Waals surface area contributed by atoms with Crippen molar-refractivity contribution in [2.45, 2.75) is 140 Å². The molecule has 0 bridgehead atoms. The van der Waals surface area contributed by atoms with Crippen molar-refractivity contribution in [3.8, 4) is 0 Å². The SMILES string of the molecule is CSCC[C@H](NC(=O)[C@H](CO)NC(=O)[C@H](CCC(=O)O)NC(=O)[C@H](CC(C)C)NC(=O)[C@H](CC(N)=O)NC(=O)[C@H](CCC(=O)O)NC(=O)[C@@H](N)CCCCN)C(=O)N[C@H](C(=O)O)C(C)C. The first-order valence-electron chi connectivity index (χ1n) is 21.0. The third kappa shape index (κ3) is 24.3. The van der Waals surface area contributed by atoms with Gasteiger partial charge in [-0.25, -0.2) is 4.79 Å². The molecule has 0 rings (SSSR count). The summed E-state index contributed by atoms with van der Waals surface area (Å²) in [5, 5.41) is 54.5. The third-order valence-corrected chi connectivity index (χ3v) is 10.2. The molecule has 26 heteroatoms. The molecule has 65 heavy (non-hydrogen) atoms. The van der Waals surface area contributed by atoms with E-state index >= 15 is 0 Å². The Balaban J connectivity index is 6.44. The van der Waals surface area contributed by atoms with Crippen molar-refractivity contribution in [3.63, 3.8) is 0 Å². The van der Waals surface area contributed by atoms with Gasteiger partial charge in [-0.1, -0.05) is 34.1 Å². The predicted octanol–water partition coefficient (Wildman–Crippen LogP) is -4.03. The van der Waals surface area contributed by atoms with E-state index in [1.807, 2.05) is 0 Å². The summed E-state index contributed by atoms with van der Waals surface area (Å²) in [7, 11) is 0. The molecule has 0 radical (unpaired) electrons. The van der Waals surface area contributed by atoms with Crippen molar-refractivity contribution >= 4 is 76.9 Å². The Labute approximate surface area is 381 Å². The molecule has 0 aliphatic carbocycles. The van der Waals surface area contributed by atoms with E-state index in [2.05, 4.69) is 37.2 Å². The largest absolute Gasteiger partial charge is 0.481 e. The second-order valence-electron chi connectivity index (χ2n) is 16.0. The van der Waals surface area contributed by atoms with Crippen LogP contribution in [0.1, 0.15) is 91.9 Å². The smallest absolute Gasteiger partial charge is 0.326 e. The number of carbonyl (C=O) groups excluding carboxylic acids is 8. The summed E-state index contributed by atoms with van der Waals surface area (Å²) in [6.07, 6.45) is -0.330. The molecule has 17 N–H and O–H groups in total. The van der Waals surface area contributed by atoms with Crippen LogP contribution in [0.5, 0.6) is 0 Å². The Hall–Kier alpha value is -5.60. The molecular weight excluding hydrogens is 881 g/mol. The third-order valence-electron chi connectivity index (χ3n) is 9.53. The molecule has 8 amide bonds. The maximum atomic E-state index is 13.8. The molecule has 0 aliphatic heterocycles. The zero-order valence-electron chi connectivity index (χ0n) is 37.4. The van der Waals surface area contributed by atoms with Crippen molar-refractivity contribution in [1.29, 1.82) is 0 Å². The second kappa shape index (κ2) is 31.3. The van der Waals surface area contributed by atoms with E-state index < -0.39 is 158 Å². The first-order chi connectivity index (χ1) is 30.4. The van der Waals surface area contributed by atoms with Gasteiger partial charge in [0.1, 0.15) is 42.3 Å². The molecule has 0 aliphatic rings. The average molecular weight is 949 g/mol. The van der Waals surface area contributed by atoms with Crippen LogP contribution in [0.2, 0.25) is 0 Å². The van der Waals surface area contributed by atoms with Crippen LogP contribution in [-0.2, 0) is 52.7 Å². The average Bonchev–Trinajstić information content (AvgIpc) is 3.21. The molecule has 0 saturated heterocycles. The maximum Gasteiger partial charge on any atom is 0.326 e. The number of hydrogen-bond donors (Lipinski definition) is 14. The highest BCUT2D eigenvalue weighted by Crippen LogP contribution is 2.11. The van der Waals surface area contributed by atoms with Gasteiger partial charge in [0, 0.05) is 12.8 Å². The van der Waals surface area contributed by atoms with Crippen molar-refractivity contribution in [2.24, 2.45) is 29.0 Å². The molecule has 0 heterocycles. The topological polar surface area (TPSA) is 431 Å². The number of carboxylic acid groups (broad SMARTS) is 3. The maximum absolute atomic E-state index is 13.8. The highest BCUT2D eigenvalue weighted by molar-refractivity contribution is 7.98. The first kappa shape index (κ1) is 59.4. The van der Waals surface area contributed by atoms with Gasteiger partial charge in [0.15, 0.2) is 0 Å². The number of carboxylic acids is 3. The number of rotatable bonds is 34. The minimum absolute atomic E-state index is 0.0199. The summed E-state index contributed by atoms with van der Waals surface area (Å²) in [4.78, 5) is 140. The van der Waals surface area contributed by atoms with Crippen LogP contribution >= 0.6 is 11.8 Å². The molecule has 0 spiro atoms. The monoisotopic (exact) mass is 948 g/mol. The number of hydrogen-bond acceptors (Lipinski definition) is 15. The van der Waals surface area contributed by atoms with Crippen LogP contribution < -0.4 is 54.4 Å². The fourth-order valence-electron chi connectivity index (χ4n) is 5.93. The Morgan fingerprint density at radius 1 is 0.554 bits per heavy atom. The molecule has 0 fully saturated rings. The lowest BCUT2D eigenvalue weighted by Gasteiger charge is -2.28. The summed E-state index contributed by atoms with van der Waals surface area (Å²) in [6.45, 7) is 5.73. The Bertz CT molecular complexity index is 1650. The summed E-state index contributed by atoms with van der Waals surface area (Å²) >= 11 is 1.31. The number of nitrogens with two attached hydrogens (primary N) is 3. The van der Waals surface area contributed by atoms with E-state index in [1.165, 1.54) is 11.8 Å². The number of aliphatic hydroxyl groups excluding tert-OH is 1. The van der Waals surface area contributed by atoms with Gasteiger partial charge in [-0.2, -0.15) is 11.8 Å². The number of thioether (sulfide) groups is 1. The Morgan fingerprint density at radius 3 is 1.40 bits per heavy atom. The van der Waals surface area contributed by atoms with Gasteiger partial charge in [0.05, 0.1) is 19.1 Å². The van der Waals surface area contributed by atoms with Crippen molar-refractivity contribution in [2.75, 3.05) is 25.2 Å². The number of primary amides is 1. The lowest BCUT2D eigenvalue weighted by atomic mass is 10.0. The van der Waals surface area contributed by atoms with Crippen molar-refractivity contribution in [1.82, 2.24) is 37.2 Å². The van der Waals surface area contributed by atoms with Crippen LogP contribution in [0.3, 0.4) is 0 Å². The fourth-order valence-corrected chi connectivity index (χ4v) is 6.40. The summed E-state index contributed by atoms with van der Waals surface area (Å²) in [5.41, 5.74) is 16.8. The quantitative estimate of drug-likeness (QED) is 0.0273. The van der Waals surface area contributed by atoms with E-state index in [1.54, 1.807) is 34.0 Å². The van der Waals surface area contributed by atoms with Crippen LogP contribution in [0.4, 0.5) is 0 Å². The lowest BCUT2D eigenvalue weighted by molar-refractivity contribution is -0.143. The van der Waals surface area contributed by atoms with Gasteiger partial charge in [0.2, 0.25) is 47.3 Å². The fraction of sp³-hybridized carbons (Fsp3) is 0.718. The molecule has 25 nitrogen and oxygen atoms in total. The minimum Gasteiger partial charge on any atom is -0.481 e. The number of unbranched alkanes of at least 4 members (excludes halogenated alkanes) is 1. The van der Waals surface area contributed by atoms with E-state index in [0.717, 1.165) is 0 Å². The van der Waals surface area contributed by atoms with Crippen molar-refractivity contribution < 1.29 is 73.2 Å². The summed E-state index contributed by atoms with van der Waals surface area (Å²) in [6, 6.07) is -12.1. The minimum atomic E-state index is -1.79. The number of aliphatic hydroxyl groups is 1. The normalized spacial score (nSPS) is 14.8. The number of carbonyl (C=O) groups is 11. The lowest BCUT2D eigenvalue weighted by Crippen LogP contribution is -2.61. The van der Waals surface area contributed by atoms with Gasteiger partial charge in [0.25, 0.3) is 0 Å². The zero-order valence-corrected chi connectivity index (χ0v) is 38.2. The zero-order chi connectivity index (χ0) is 50.0. The number of aliphatic carboxylic acids is 3. The van der Waals surface area contributed by atoms with Crippen LogP contribution in [0.25, 0.3) is 0 Å². The van der Waals surface area contributed by atoms with Gasteiger partial charge in [-0.05, 0) is 68.9 Å². The van der Waals surface area contributed by atoms with Crippen LogP contribution in [0, 0.1) is 11.8 Å². The highest BCUT2D eigenvalue weighted by Gasteiger charge is 2.35. The molecule has 0 saturated carbocycles. The molecule has 0 aromatic rings. The predicted molar refractivity (Wildman–Crippen MR) is 234 cm³/mol. The van der Waals surface area contributed by atoms with Crippen LogP contribution in [0.15, 0.2) is 0 Å². The molecule has 370 valence electrons. The standard InChI is InChI=1S/C39H68N10O15S/c1-19(2)16-25(46-37(61)26(17-28(42)51)47-33(57)22(9-11-29(52)53)43-32(56)21(41)8-6-7-14-40)36(60)44-23(10-12-30(54)55)34(58)48-27(18-50)38(62)45-24(13-15-65-5)35(59)49-31(20(3)4)39(63)64/h19-27,31,50H,6-18,40-41H2,1-5H3,(H2,42,51)(H,43,56)(H,44,60)(H,45,62)(H,46,61)(H,47,57)(H,48,58)(H,49,59)(H,52,53)(H,54,55)(H,63,64)/t21-,22-,23-,24-,25-,26-,27-,31-/m0/s1. The van der Waals surface area contributed by atoms with Gasteiger partial charge in [-0.3, -0.25) is 47.9 Å². The molecule has 0 aromatic carbocycles. The first-order valence-corrected chi connectivity index (χ1v) is 22.4. The molecule has 8 atom stereocenters. The van der Waals surface area contributed by atoms with E-state index in [-0.39, 0.29) is 25.2 Å². The Morgan fingerprint density at radius 2 is 0.969 bits per heavy atom. The highest BCUT2D eigenvalue weighted by atomic mass is 32.2. The van der Waals surface area contributed by atoms with Gasteiger partial charge in [-0.15, -0.1) is 0 Å². The number of amides is 8. The molecular formula is C39H68N10O15S. The second-order valence-corrected chi connectivity index (χ2v) is 16.9. The van der Waals surface area contributed by atoms with Crippen molar-refractivity contribution in [3.05, 3.63) is 0 Å². The van der Waals surface area contributed by atoms with Gasteiger partial charge >= 0.3 is 17.9 Å². The summed E-state index contributed by atoms with van der Waals surface area (Å²) < 4.78 is 0. The Kier molecular flexibility index (Phi) is 28.6. The number of nitrogens with one attached hydrogen (secondary N) is 7. The van der Waals surface area contributed by atoms with E-state index in [9.17, 15) is 73.2 Å².